The van der Waals surface area contributed by atoms with Crippen LogP contribution in [0.2, 0.25) is 0 Å². The van der Waals surface area contributed by atoms with Crippen LogP contribution >= 0.6 is 0 Å². The second kappa shape index (κ2) is 9.11. The molecule has 0 atom stereocenters. The standard InChI is InChI=1S/C24H24FN5O/c1-30(29-24(31)28-19-7-2-16(15-26)3-8-19)20-9-4-17(5-10-20)21-12-13-27-23-11-6-18(25)14-22(21)23/h2-3,6-8,11-14,17,20H,4-5,9-10H2,1H3,(H2,28,29,31)/t17-,20+. The molecule has 0 bridgehead atoms. The monoisotopic (exact) mass is 417 g/mol. The molecule has 158 valence electrons. The van der Waals surface area contributed by atoms with Crippen molar-refractivity contribution in [2.45, 2.75) is 37.6 Å². The van der Waals surface area contributed by atoms with E-state index in [1.807, 2.05) is 18.1 Å². The molecule has 0 saturated heterocycles. The lowest BCUT2D eigenvalue weighted by Crippen LogP contribution is -2.48. The van der Waals surface area contributed by atoms with Crippen molar-refractivity contribution >= 4 is 22.6 Å². The Hall–Kier alpha value is -3.50. The molecule has 1 heterocycles. The number of nitrogens with one attached hydrogen (secondary N) is 2. The van der Waals surface area contributed by atoms with Gasteiger partial charge in [0.05, 0.1) is 17.1 Å². The molecule has 1 aromatic heterocycles. The van der Waals surface area contributed by atoms with E-state index in [-0.39, 0.29) is 17.9 Å². The van der Waals surface area contributed by atoms with Gasteiger partial charge in [-0.3, -0.25) is 10.4 Å². The van der Waals surface area contributed by atoms with Gasteiger partial charge in [0.25, 0.3) is 0 Å². The topological polar surface area (TPSA) is 81.0 Å². The Kier molecular flexibility index (Phi) is 6.10. The number of hydrogen-bond acceptors (Lipinski definition) is 4. The maximum absolute atomic E-state index is 13.8. The molecule has 6 nitrogen and oxygen atoms in total. The molecule has 0 aliphatic heterocycles. The van der Waals surface area contributed by atoms with E-state index >= 15 is 0 Å². The number of amides is 2. The third-order valence-electron chi connectivity index (χ3n) is 5.97. The van der Waals surface area contributed by atoms with Crippen molar-refractivity contribution < 1.29 is 9.18 Å². The highest BCUT2D eigenvalue weighted by molar-refractivity contribution is 5.88. The number of carbonyl (C=O) groups is 1. The van der Waals surface area contributed by atoms with E-state index in [2.05, 4.69) is 21.8 Å². The molecule has 1 aliphatic rings. The fourth-order valence-corrected chi connectivity index (χ4v) is 4.31. The van der Waals surface area contributed by atoms with Crippen molar-refractivity contribution in [2.75, 3.05) is 12.4 Å². The van der Waals surface area contributed by atoms with E-state index in [1.165, 1.54) is 6.07 Å². The largest absolute Gasteiger partial charge is 0.333 e. The van der Waals surface area contributed by atoms with Gasteiger partial charge >= 0.3 is 6.03 Å². The Morgan fingerprint density at radius 1 is 1.13 bits per heavy atom. The quantitative estimate of drug-likeness (QED) is 0.589. The predicted molar refractivity (Wildman–Crippen MR) is 118 cm³/mol. The molecule has 2 amide bonds. The van der Waals surface area contributed by atoms with Crippen LogP contribution in [-0.2, 0) is 0 Å². The van der Waals surface area contributed by atoms with E-state index < -0.39 is 0 Å². The molecule has 0 spiro atoms. The van der Waals surface area contributed by atoms with Crippen molar-refractivity contribution in [3.8, 4) is 6.07 Å². The van der Waals surface area contributed by atoms with E-state index in [0.29, 0.717) is 17.2 Å². The van der Waals surface area contributed by atoms with Crippen LogP contribution in [-0.4, -0.2) is 29.1 Å². The predicted octanol–water partition coefficient (Wildman–Crippen LogP) is 4.94. The minimum Gasteiger partial charge on any atom is -0.307 e. The van der Waals surface area contributed by atoms with Crippen molar-refractivity contribution in [2.24, 2.45) is 0 Å². The summed E-state index contributed by atoms with van der Waals surface area (Å²) in [6.45, 7) is 0. The Morgan fingerprint density at radius 3 is 2.58 bits per heavy atom. The minimum atomic E-state index is -0.315. The fraction of sp³-hybridized carbons (Fsp3) is 0.292. The van der Waals surface area contributed by atoms with Gasteiger partial charge in [-0.25, -0.2) is 14.2 Å². The summed E-state index contributed by atoms with van der Waals surface area (Å²) in [5, 5.41) is 14.4. The summed E-state index contributed by atoms with van der Waals surface area (Å²) in [5.41, 5.74) is 6.02. The first-order valence-corrected chi connectivity index (χ1v) is 10.4. The molecule has 0 radical (unpaired) electrons. The third-order valence-corrected chi connectivity index (χ3v) is 5.97. The van der Waals surface area contributed by atoms with Crippen molar-refractivity contribution in [1.29, 1.82) is 5.26 Å². The second-order valence-corrected chi connectivity index (χ2v) is 7.93. The number of urea groups is 1. The fourth-order valence-electron chi connectivity index (χ4n) is 4.31. The van der Waals surface area contributed by atoms with Gasteiger partial charge in [-0.05, 0) is 85.7 Å². The Balaban J connectivity index is 1.33. The molecule has 3 aromatic rings. The van der Waals surface area contributed by atoms with Crippen LogP contribution in [0.25, 0.3) is 10.9 Å². The number of hydrogen-bond donors (Lipinski definition) is 2. The number of benzene rings is 2. The van der Waals surface area contributed by atoms with Crippen LogP contribution in [0, 0.1) is 17.1 Å². The zero-order chi connectivity index (χ0) is 21.8. The second-order valence-electron chi connectivity index (χ2n) is 7.93. The summed E-state index contributed by atoms with van der Waals surface area (Å²) in [6.07, 6.45) is 5.57. The zero-order valence-electron chi connectivity index (χ0n) is 17.3. The van der Waals surface area contributed by atoms with Crippen molar-refractivity contribution in [3.63, 3.8) is 0 Å². The lowest BCUT2D eigenvalue weighted by Gasteiger charge is -2.35. The molecular weight excluding hydrogens is 393 g/mol. The summed E-state index contributed by atoms with van der Waals surface area (Å²) in [6, 6.07) is 15.4. The molecule has 1 fully saturated rings. The number of nitriles is 1. The average Bonchev–Trinajstić information content (AvgIpc) is 2.79. The molecular formula is C24H24FN5O. The van der Waals surface area contributed by atoms with Gasteiger partial charge in [0.2, 0.25) is 0 Å². The van der Waals surface area contributed by atoms with Crippen LogP contribution in [0.3, 0.4) is 0 Å². The molecule has 1 saturated carbocycles. The van der Waals surface area contributed by atoms with Crippen LogP contribution in [0.15, 0.2) is 54.7 Å². The summed E-state index contributed by atoms with van der Waals surface area (Å²) >= 11 is 0. The van der Waals surface area contributed by atoms with E-state index in [9.17, 15) is 9.18 Å². The molecule has 4 rings (SSSR count). The number of nitrogens with zero attached hydrogens (tertiary/aromatic N) is 3. The summed E-state index contributed by atoms with van der Waals surface area (Å²) in [5.74, 6) is 0.108. The molecule has 7 heteroatoms. The van der Waals surface area contributed by atoms with Crippen molar-refractivity contribution in [3.05, 3.63) is 71.7 Å². The van der Waals surface area contributed by atoms with E-state index in [4.69, 9.17) is 5.26 Å². The number of carbonyl (C=O) groups excluding carboxylic acids is 1. The SMILES string of the molecule is CN(NC(=O)Nc1ccc(C#N)cc1)[C@H]1CC[C@@H](c2ccnc3ccc(F)cc32)CC1. The summed E-state index contributed by atoms with van der Waals surface area (Å²) < 4.78 is 13.8. The molecule has 0 unspecified atom stereocenters. The van der Waals surface area contributed by atoms with Crippen LogP contribution < -0.4 is 10.7 Å². The first kappa shape index (κ1) is 20.8. The zero-order valence-corrected chi connectivity index (χ0v) is 17.3. The number of anilines is 1. The van der Waals surface area contributed by atoms with E-state index in [0.717, 1.165) is 42.1 Å². The highest BCUT2D eigenvalue weighted by atomic mass is 19.1. The highest BCUT2D eigenvalue weighted by Gasteiger charge is 2.27. The first-order chi connectivity index (χ1) is 15.0. The maximum atomic E-state index is 13.8. The van der Waals surface area contributed by atoms with E-state index in [1.54, 1.807) is 42.6 Å². The summed E-state index contributed by atoms with van der Waals surface area (Å²) in [7, 11) is 1.88. The van der Waals surface area contributed by atoms with Gasteiger partial charge in [-0.15, -0.1) is 0 Å². The molecule has 31 heavy (non-hydrogen) atoms. The minimum absolute atomic E-state index is 0.229. The van der Waals surface area contributed by atoms with Crippen LogP contribution in [0.4, 0.5) is 14.9 Å². The molecule has 2 aromatic carbocycles. The third kappa shape index (κ3) is 4.81. The maximum Gasteiger partial charge on any atom is 0.333 e. The summed E-state index contributed by atoms with van der Waals surface area (Å²) in [4.78, 5) is 16.7. The lowest BCUT2D eigenvalue weighted by atomic mass is 9.80. The van der Waals surface area contributed by atoms with Gasteiger partial charge in [0.1, 0.15) is 5.82 Å². The Bertz CT molecular complexity index is 1120. The molecule has 1 aliphatic carbocycles. The Labute approximate surface area is 180 Å². The van der Waals surface area contributed by atoms with Gasteiger partial charge in [-0.2, -0.15) is 5.26 Å². The number of rotatable bonds is 4. The normalized spacial score (nSPS) is 18.5. The van der Waals surface area contributed by atoms with Gasteiger partial charge in [-0.1, -0.05) is 0 Å². The lowest BCUT2D eigenvalue weighted by molar-refractivity contribution is 0.135. The van der Waals surface area contributed by atoms with Gasteiger partial charge < -0.3 is 5.32 Å². The van der Waals surface area contributed by atoms with Crippen molar-refractivity contribution in [1.82, 2.24) is 15.4 Å². The number of hydrazine groups is 1. The molecule has 2 N–H and O–H groups in total. The average molecular weight is 417 g/mol. The van der Waals surface area contributed by atoms with Crippen LogP contribution in [0.5, 0.6) is 0 Å². The number of aromatic nitrogens is 1. The number of fused-ring (bicyclic) bond motifs is 1. The first-order valence-electron chi connectivity index (χ1n) is 10.4. The number of pyridine rings is 1. The van der Waals surface area contributed by atoms with Gasteiger partial charge in [0.15, 0.2) is 0 Å². The Morgan fingerprint density at radius 2 is 1.87 bits per heavy atom. The smallest absolute Gasteiger partial charge is 0.307 e. The van der Waals surface area contributed by atoms with Crippen LogP contribution in [0.1, 0.15) is 42.7 Å². The highest BCUT2D eigenvalue weighted by Crippen LogP contribution is 2.37. The number of halogens is 1. The van der Waals surface area contributed by atoms with Gasteiger partial charge in [0, 0.05) is 30.4 Å².